The standard InChI is InChI=1S/C14H13FN8O/c1-8(18-17-7-10-5-3-4-6-11(10)15)12-9(2)23(22-19-12)14-13(16)20-24-21-14/h3-7H,1-2H3,(H2,16,20). The Morgan fingerprint density at radius 2 is 2.12 bits per heavy atom. The van der Waals surface area contributed by atoms with Gasteiger partial charge in [-0.2, -0.15) is 14.9 Å². The second kappa shape index (κ2) is 6.36. The van der Waals surface area contributed by atoms with Crippen molar-refractivity contribution in [1.82, 2.24) is 25.3 Å². The van der Waals surface area contributed by atoms with Gasteiger partial charge in [0.05, 0.1) is 17.6 Å². The van der Waals surface area contributed by atoms with E-state index in [4.69, 9.17) is 5.73 Å². The first kappa shape index (κ1) is 15.5. The molecule has 24 heavy (non-hydrogen) atoms. The van der Waals surface area contributed by atoms with Gasteiger partial charge in [0.15, 0.2) is 0 Å². The topological polar surface area (TPSA) is 120 Å². The van der Waals surface area contributed by atoms with Crippen molar-refractivity contribution in [1.29, 1.82) is 0 Å². The smallest absolute Gasteiger partial charge is 0.243 e. The van der Waals surface area contributed by atoms with Crippen LogP contribution in [-0.4, -0.2) is 37.2 Å². The lowest BCUT2D eigenvalue weighted by Crippen LogP contribution is -2.04. The molecule has 0 saturated carbocycles. The Morgan fingerprint density at radius 1 is 1.33 bits per heavy atom. The second-order valence-electron chi connectivity index (χ2n) is 4.86. The summed E-state index contributed by atoms with van der Waals surface area (Å²) in [7, 11) is 0. The van der Waals surface area contributed by atoms with E-state index in [9.17, 15) is 4.39 Å². The fourth-order valence-corrected chi connectivity index (χ4v) is 2.01. The van der Waals surface area contributed by atoms with Gasteiger partial charge in [0.2, 0.25) is 11.6 Å². The molecule has 0 amide bonds. The van der Waals surface area contributed by atoms with E-state index in [2.05, 4.69) is 35.5 Å². The molecule has 0 fully saturated rings. The van der Waals surface area contributed by atoms with Gasteiger partial charge in [0.25, 0.3) is 0 Å². The molecule has 3 aromatic rings. The van der Waals surface area contributed by atoms with Crippen LogP contribution in [0, 0.1) is 12.7 Å². The summed E-state index contributed by atoms with van der Waals surface area (Å²) < 4.78 is 19.4. The number of rotatable bonds is 4. The van der Waals surface area contributed by atoms with Gasteiger partial charge < -0.3 is 5.73 Å². The molecule has 1 aromatic carbocycles. The van der Waals surface area contributed by atoms with Gasteiger partial charge in [-0.05, 0) is 30.2 Å². The summed E-state index contributed by atoms with van der Waals surface area (Å²) in [5.41, 5.74) is 7.63. The maximum atomic E-state index is 13.5. The first-order valence-corrected chi connectivity index (χ1v) is 6.91. The molecular formula is C14H13FN8O. The zero-order chi connectivity index (χ0) is 17.1. The van der Waals surface area contributed by atoms with Crippen LogP contribution in [0.5, 0.6) is 0 Å². The maximum Gasteiger partial charge on any atom is 0.243 e. The van der Waals surface area contributed by atoms with E-state index in [1.807, 2.05) is 0 Å². The zero-order valence-corrected chi connectivity index (χ0v) is 12.9. The Morgan fingerprint density at radius 3 is 2.83 bits per heavy atom. The second-order valence-corrected chi connectivity index (χ2v) is 4.86. The Kier molecular flexibility index (Phi) is 4.10. The van der Waals surface area contributed by atoms with Gasteiger partial charge in [-0.15, -0.1) is 5.10 Å². The molecule has 0 spiro atoms. The molecule has 0 radical (unpaired) electrons. The van der Waals surface area contributed by atoms with E-state index < -0.39 is 0 Å². The number of hydrogen-bond acceptors (Lipinski definition) is 8. The summed E-state index contributed by atoms with van der Waals surface area (Å²) in [5, 5.41) is 23.0. The van der Waals surface area contributed by atoms with Crippen LogP contribution >= 0.6 is 0 Å². The average molecular weight is 328 g/mol. The van der Waals surface area contributed by atoms with Crippen molar-refractivity contribution >= 4 is 17.7 Å². The van der Waals surface area contributed by atoms with Gasteiger partial charge in [-0.3, -0.25) is 0 Å². The number of halogens is 1. The Hall–Kier alpha value is -3.43. The van der Waals surface area contributed by atoms with Crippen molar-refractivity contribution in [3.05, 3.63) is 47.0 Å². The Balaban J connectivity index is 1.86. The highest BCUT2D eigenvalue weighted by atomic mass is 19.1. The van der Waals surface area contributed by atoms with Crippen LogP contribution in [0.1, 0.15) is 23.9 Å². The molecule has 9 nitrogen and oxygen atoms in total. The predicted octanol–water partition coefficient (Wildman–Crippen LogP) is 1.52. The lowest BCUT2D eigenvalue weighted by molar-refractivity contribution is 0.306. The number of nitrogens with zero attached hydrogens (tertiary/aromatic N) is 7. The Labute approximate surface area is 135 Å². The molecule has 0 atom stereocenters. The molecule has 0 unspecified atom stereocenters. The molecule has 0 saturated heterocycles. The lowest BCUT2D eigenvalue weighted by Gasteiger charge is -1.98. The number of anilines is 1. The highest BCUT2D eigenvalue weighted by molar-refractivity contribution is 5.98. The molecule has 122 valence electrons. The molecule has 0 aliphatic heterocycles. The third-order valence-corrected chi connectivity index (χ3v) is 3.24. The maximum absolute atomic E-state index is 13.5. The van der Waals surface area contributed by atoms with Crippen LogP contribution < -0.4 is 5.73 Å². The van der Waals surface area contributed by atoms with E-state index in [0.29, 0.717) is 22.7 Å². The van der Waals surface area contributed by atoms with Gasteiger partial charge >= 0.3 is 0 Å². The van der Waals surface area contributed by atoms with Crippen LogP contribution in [0.15, 0.2) is 39.1 Å². The molecule has 2 N–H and O–H groups in total. The average Bonchev–Trinajstić information content (AvgIpc) is 3.14. The third-order valence-electron chi connectivity index (χ3n) is 3.24. The van der Waals surface area contributed by atoms with Crippen molar-refractivity contribution < 1.29 is 9.02 Å². The van der Waals surface area contributed by atoms with Crippen LogP contribution in [0.4, 0.5) is 10.2 Å². The number of benzene rings is 1. The normalized spacial score (nSPS) is 12.2. The zero-order valence-electron chi connectivity index (χ0n) is 12.9. The minimum atomic E-state index is -0.370. The monoisotopic (exact) mass is 328 g/mol. The summed E-state index contributed by atoms with van der Waals surface area (Å²) in [6, 6.07) is 6.27. The van der Waals surface area contributed by atoms with Gasteiger partial charge in [0.1, 0.15) is 11.5 Å². The molecule has 0 aliphatic carbocycles. The molecule has 0 aliphatic rings. The molecule has 2 heterocycles. The minimum Gasteiger partial charge on any atom is -0.378 e. The van der Waals surface area contributed by atoms with Crippen LogP contribution in [0.3, 0.4) is 0 Å². The first-order valence-electron chi connectivity index (χ1n) is 6.91. The summed E-state index contributed by atoms with van der Waals surface area (Å²) in [4.78, 5) is 0. The quantitative estimate of drug-likeness (QED) is 0.572. The van der Waals surface area contributed by atoms with E-state index >= 15 is 0 Å². The van der Waals surface area contributed by atoms with Gasteiger partial charge in [-0.1, -0.05) is 23.4 Å². The van der Waals surface area contributed by atoms with Crippen LogP contribution in [0.25, 0.3) is 5.82 Å². The summed E-state index contributed by atoms with van der Waals surface area (Å²) >= 11 is 0. The first-order chi connectivity index (χ1) is 11.6. The largest absolute Gasteiger partial charge is 0.378 e. The highest BCUT2D eigenvalue weighted by Crippen LogP contribution is 2.15. The molecular weight excluding hydrogens is 315 g/mol. The summed E-state index contributed by atoms with van der Waals surface area (Å²) in [6.45, 7) is 3.48. The number of nitrogen functional groups attached to an aromatic ring is 1. The lowest BCUT2D eigenvalue weighted by atomic mass is 10.2. The third kappa shape index (κ3) is 2.89. The van der Waals surface area contributed by atoms with Crippen molar-refractivity contribution in [2.45, 2.75) is 13.8 Å². The minimum absolute atomic E-state index is 0.0988. The Bertz CT molecular complexity index is 927. The summed E-state index contributed by atoms with van der Waals surface area (Å²) in [6.07, 6.45) is 1.33. The van der Waals surface area contributed by atoms with E-state index in [1.54, 1.807) is 32.0 Å². The van der Waals surface area contributed by atoms with E-state index in [0.717, 1.165) is 0 Å². The predicted molar refractivity (Wildman–Crippen MR) is 84.6 cm³/mol. The summed E-state index contributed by atoms with van der Waals surface area (Å²) in [5.74, 6) is -0.0270. The van der Waals surface area contributed by atoms with E-state index in [-0.39, 0.29) is 17.5 Å². The van der Waals surface area contributed by atoms with Crippen molar-refractivity contribution in [2.75, 3.05) is 5.73 Å². The number of hydrogen-bond donors (Lipinski definition) is 1. The van der Waals surface area contributed by atoms with Crippen LogP contribution in [-0.2, 0) is 0 Å². The van der Waals surface area contributed by atoms with Crippen LogP contribution in [0.2, 0.25) is 0 Å². The molecule has 3 rings (SSSR count). The van der Waals surface area contributed by atoms with E-state index in [1.165, 1.54) is 17.0 Å². The fraction of sp³-hybridized carbons (Fsp3) is 0.143. The van der Waals surface area contributed by atoms with Crippen molar-refractivity contribution in [2.24, 2.45) is 10.2 Å². The molecule has 2 aromatic heterocycles. The van der Waals surface area contributed by atoms with Gasteiger partial charge in [-0.25, -0.2) is 9.02 Å². The fourth-order valence-electron chi connectivity index (χ4n) is 2.01. The van der Waals surface area contributed by atoms with Crippen molar-refractivity contribution in [3.63, 3.8) is 0 Å². The number of aromatic nitrogens is 5. The number of nitrogens with two attached hydrogens (primary N) is 1. The molecule has 0 bridgehead atoms. The van der Waals surface area contributed by atoms with Gasteiger partial charge in [0, 0.05) is 5.56 Å². The molecule has 10 heteroatoms. The SMILES string of the molecule is CC(=NN=Cc1ccccc1F)c1nnn(-c2nonc2N)c1C. The van der Waals surface area contributed by atoms with Crippen molar-refractivity contribution in [3.8, 4) is 5.82 Å². The highest BCUT2D eigenvalue weighted by Gasteiger charge is 2.17.